The van der Waals surface area contributed by atoms with Crippen LogP contribution in [-0.4, -0.2) is 39.1 Å². The third-order valence-corrected chi connectivity index (χ3v) is 3.41. The maximum atomic E-state index is 12.3. The lowest BCUT2D eigenvalue weighted by molar-refractivity contribution is 0.0695. The molecule has 0 aliphatic heterocycles. The Morgan fingerprint density at radius 3 is 2.41 bits per heavy atom. The molecular formula is C16H19N3O3. The number of H-pyrrole nitrogens is 1. The minimum absolute atomic E-state index is 0.175. The van der Waals surface area contributed by atoms with Gasteiger partial charge in [0, 0.05) is 19.3 Å². The van der Waals surface area contributed by atoms with Gasteiger partial charge in [0.15, 0.2) is 0 Å². The Balaban J connectivity index is 2.05. The third kappa shape index (κ3) is 3.52. The molecule has 0 atom stereocenters. The van der Waals surface area contributed by atoms with E-state index in [1.54, 1.807) is 30.1 Å². The van der Waals surface area contributed by atoms with Crippen LogP contribution in [0.3, 0.4) is 0 Å². The number of nitrogens with one attached hydrogen (secondary N) is 1. The van der Waals surface area contributed by atoms with Crippen LogP contribution in [0.1, 0.15) is 51.9 Å². The van der Waals surface area contributed by atoms with Crippen LogP contribution in [0.5, 0.6) is 0 Å². The number of aromatic nitrogens is 2. The summed E-state index contributed by atoms with van der Waals surface area (Å²) < 4.78 is 0. The summed E-state index contributed by atoms with van der Waals surface area (Å²) in [6, 6.07) is 8.23. The molecule has 2 rings (SSSR count). The number of carbonyl (C=O) groups excluding carboxylic acids is 1. The van der Waals surface area contributed by atoms with Crippen molar-refractivity contribution in [1.82, 2.24) is 15.1 Å². The van der Waals surface area contributed by atoms with E-state index in [1.807, 2.05) is 13.8 Å². The third-order valence-electron chi connectivity index (χ3n) is 3.41. The Bertz CT molecular complexity index is 674. The lowest BCUT2D eigenvalue weighted by Gasteiger charge is -2.16. The Hall–Kier alpha value is -2.63. The Morgan fingerprint density at radius 2 is 1.91 bits per heavy atom. The summed E-state index contributed by atoms with van der Waals surface area (Å²) in [5, 5.41) is 15.8. The van der Waals surface area contributed by atoms with E-state index in [0.717, 1.165) is 11.3 Å². The molecule has 0 spiro atoms. The van der Waals surface area contributed by atoms with Crippen molar-refractivity contribution >= 4 is 11.9 Å². The van der Waals surface area contributed by atoms with E-state index in [9.17, 15) is 9.59 Å². The average Bonchev–Trinajstić information content (AvgIpc) is 2.97. The zero-order chi connectivity index (χ0) is 16.3. The SMILES string of the molecule is CC(C)c1cc(C(=O)N(C)Cc2ccc(C(=O)O)cc2)n[nH]1. The fraction of sp³-hybridized carbons (Fsp3) is 0.312. The van der Waals surface area contributed by atoms with Crippen molar-refractivity contribution in [1.29, 1.82) is 0 Å². The minimum atomic E-state index is -0.964. The molecule has 6 heteroatoms. The van der Waals surface area contributed by atoms with Crippen molar-refractivity contribution in [2.75, 3.05) is 7.05 Å². The molecule has 0 aliphatic carbocycles. The van der Waals surface area contributed by atoms with Gasteiger partial charge in [-0.05, 0) is 29.7 Å². The molecule has 0 saturated carbocycles. The van der Waals surface area contributed by atoms with Crippen molar-refractivity contribution in [2.45, 2.75) is 26.3 Å². The Kier molecular flexibility index (Phi) is 4.60. The molecule has 0 aliphatic rings. The summed E-state index contributed by atoms with van der Waals surface area (Å²) in [6.07, 6.45) is 0. The monoisotopic (exact) mass is 301 g/mol. The first-order valence-corrected chi connectivity index (χ1v) is 7.01. The normalized spacial score (nSPS) is 10.7. The number of aromatic carboxylic acids is 1. The van der Waals surface area contributed by atoms with Crippen molar-refractivity contribution < 1.29 is 14.7 Å². The highest BCUT2D eigenvalue weighted by atomic mass is 16.4. The first kappa shape index (κ1) is 15.8. The van der Waals surface area contributed by atoms with Gasteiger partial charge in [0.25, 0.3) is 5.91 Å². The van der Waals surface area contributed by atoms with Crippen LogP contribution < -0.4 is 0 Å². The van der Waals surface area contributed by atoms with Crippen LogP contribution in [0.25, 0.3) is 0 Å². The molecule has 0 saturated heterocycles. The number of carbonyl (C=O) groups is 2. The topological polar surface area (TPSA) is 86.3 Å². The smallest absolute Gasteiger partial charge is 0.335 e. The summed E-state index contributed by atoms with van der Waals surface area (Å²) >= 11 is 0. The van der Waals surface area contributed by atoms with Gasteiger partial charge in [-0.1, -0.05) is 26.0 Å². The maximum Gasteiger partial charge on any atom is 0.335 e. The van der Waals surface area contributed by atoms with Gasteiger partial charge >= 0.3 is 5.97 Å². The molecule has 1 heterocycles. The fourth-order valence-corrected chi connectivity index (χ4v) is 2.04. The van der Waals surface area contributed by atoms with Gasteiger partial charge in [0.05, 0.1) is 5.56 Å². The Morgan fingerprint density at radius 1 is 1.27 bits per heavy atom. The highest BCUT2D eigenvalue weighted by Gasteiger charge is 2.16. The summed E-state index contributed by atoms with van der Waals surface area (Å²) in [4.78, 5) is 24.7. The number of carboxylic acid groups (broad SMARTS) is 1. The van der Waals surface area contributed by atoms with E-state index >= 15 is 0 Å². The highest BCUT2D eigenvalue weighted by Crippen LogP contribution is 2.14. The molecule has 1 aromatic heterocycles. The molecule has 6 nitrogen and oxygen atoms in total. The number of aromatic amines is 1. The van der Waals surface area contributed by atoms with E-state index in [0.29, 0.717) is 12.2 Å². The van der Waals surface area contributed by atoms with E-state index in [-0.39, 0.29) is 17.4 Å². The van der Waals surface area contributed by atoms with Crippen LogP contribution in [0, 0.1) is 0 Å². The van der Waals surface area contributed by atoms with Gasteiger partial charge in [-0.3, -0.25) is 9.89 Å². The maximum absolute atomic E-state index is 12.3. The first-order chi connectivity index (χ1) is 10.4. The zero-order valence-corrected chi connectivity index (χ0v) is 12.8. The number of hydrogen-bond acceptors (Lipinski definition) is 3. The molecule has 0 radical (unpaired) electrons. The van der Waals surface area contributed by atoms with Crippen molar-refractivity contribution in [2.24, 2.45) is 0 Å². The molecule has 2 N–H and O–H groups in total. The summed E-state index contributed by atoms with van der Waals surface area (Å²) in [5.74, 6) is -0.859. The summed E-state index contributed by atoms with van der Waals surface area (Å²) in [6.45, 7) is 4.44. The number of hydrogen-bond donors (Lipinski definition) is 2. The summed E-state index contributed by atoms with van der Waals surface area (Å²) in [5.41, 5.74) is 2.39. The standard InChI is InChI=1S/C16H19N3O3/c1-10(2)13-8-14(18-17-13)15(20)19(3)9-11-4-6-12(7-5-11)16(21)22/h4-8,10H,9H2,1-3H3,(H,17,18)(H,21,22). The zero-order valence-electron chi connectivity index (χ0n) is 12.8. The number of amides is 1. The lowest BCUT2D eigenvalue weighted by atomic mass is 10.1. The van der Waals surface area contributed by atoms with Gasteiger partial charge in [0.2, 0.25) is 0 Å². The molecule has 0 bridgehead atoms. The van der Waals surface area contributed by atoms with Crippen molar-refractivity contribution in [3.63, 3.8) is 0 Å². The van der Waals surface area contributed by atoms with E-state index < -0.39 is 5.97 Å². The number of benzene rings is 1. The van der Waals surface area contributed by atoms with Gasteiger partial charge in [-0.2, -0.15) is 5.10 Å². The van der Waals surface area contributed by atoms with E-state index in [2.05, 4.69) is 10.2 Å². The summed E-state index contributed by atoms with van der Waals surface area (Å²) in [7, 11) is 1.69. The van der Waals surface area contributed by atoms with E-state index in [4.69, 9.17) is 5.11 Å². The Labute approximate surface area is 128 Å². The lowest BCUT2D eigenvalue weighted by Crippen LogP contribution is -2.26. The number of nitrogens with zero attached hydrogens (tertiary/aromatic N) is 2. The van der Waals surface area contributed by atoms with Crippen LogP contribution in [0.4, 0.5) is 0 Å². The largest absolute Gasteiger partial charge is 0.478 e. The second-order valence-corrected chi connectivity index (χ2v) is 5.53. The first-order valence-electron chi connectivity index (χ1n) is 7.01. The molecule has 116 valence electrons. The number of rotatable bonds is 5. The average molecular weight is 301 g/mol. The quantitative estimate of drug-likeness (QED) is 0.888. The second kappa shape index (κ2) is 6.43. The predicted molar refractivity (Wildman–Crippen MR) is 81.9 cm³/mol. The molecule has 2 aromatic rings. The van der Waals surface area contributed by atoms with Crippen molar-refractivity contribution in [3.05, 3.63) is 52.8 Å². The van der Waals surface area contributed by atoms with Gasteiger partial charge in [-0.15, -0.1) is 0 Å². The van der Waals surface area contributed by atoms with Crippen LogP contribution >= 0.6 is 0 Å². The fourth-order valence-electron chi connectivity index (χ4n) is 2.04. The highest BCUT2D eigenvalue weighted by molar-refractivity contribution is 5.92. The van der Waals surface area contributed by atoms with E-state index in [1.165, 1.54) is 12.1 Å². The van der Waals surface area contributed by atoms with Crippen molar-refractivity contribution in [3.8, 4) is 0 Å². The molecule has 1 aromatic carbocycles. The van der Waals surface area contributed by atoms with Crippen LogP contribution in [0.15, 0.2) is 30.3 Å². The molecule has 1 amide bonds. The van der Waals surface area contributed by atoms with Gasteiger partial charge in [-0.25, -0.2) is 4.79 Å². The minimum Gasteiger partial charge on any atom is -0.478 e. The molecule has 22 heavy (non-hydrogen) atoms. The van der Waals surface area contributed by atoms with Crippen LogP contribution in [-0.2, 0) is 6.54 Å². The second-order valence-electron chi connectivity index (χ2n) is 5.53. The molecule has 0 unspecified atom stereocenters. The van der Waals surface area contributed by atoms with Gasteiger partial charge < -0.3 is 10.0 Å². The molecular weight excluding hydrogens is 282 g/mol. The predicted octanol–water partition coefficient (Wildman–Crippen LogP) is 2.50. The number of carboxylic acids is 1. The van der Waals surface area contributed by atoms with Crippen LogP contribution in [0.2, 0.25) is 0 Å². The molecule has 0 fully saturated rings. The van der Waals surface area contributed by atoms with Gasteiger partial charge in [0.1, 0.15) is 5.69 Å².